The zero-order valence-corrected chi connectivity index (χ0v) is 14.4. The van der Waals surface area contributed by atoms with Crippen molar-refractivity contribution >= 4 is 27.3 Å². The van der Waals surface area contributed by atoms with Gasteiger partial charge in [0.25, 0.3) is 0 Å². The van der Waals surface area contributed by atoms with Crippen molar-refractivity contribution in [1.82, 2.24) is 15.0 Å². The van der Waals surface area contributed by atoms with E-state index in [-0.39, 0.29) is 0 Å². The van der Waals surface area contributed by atoms with Gasteiger partial charge in [-0.15, -0.1) is 0 Å². The minimum absolute atomic E-state index is 0.330. The largest absolute Gasteiger partial charge is 0.383 e. The van der Waals surface area contributed by atoms with Gasteiger partial charge in [0.1, 0.15) is 5.82 Å². The number of anilines is 3. The van der Waals surface area contributed by atoms with E-state index in [0.717, 1.165) is 28.8 Å². The van der Waals surface area contributed by atoms with Crippen LogP contribution in [0, 0.1) is 0 Å². The lowest BCUT2D eigenvalue weighted by Gasteiger charge is -2.18. The van der Waals surface area contributed by atoms with Gasteiger partial charge in [0, 0.05) is 48.2 Å². The van der Waals surface area contributed by atoms with Gasteiger partial charge in [0.15, 0.2) is 9.84 Å². The lowest BCUT2D eigenvalue weighted by Crippen LogP contribution is -2.17. The van der Waals surface area contributed by atoms with Crippen LogP contribution in [-0.2, 0) is 16.3 Å². The van der Waals surface area contributed by atoms with Gasteiger partial charge in [-0.25, -0.2) is 13.4 Å². The van der Waals surface area contributed by atoms with E-state index in [1.807, 2.05) is 23.4 Å². The van der Waals surface area contributed by atoms with Gasteiger partial charge >= 0.3 is 0 Å². The standard InChI is InChI=1S/C17H17N5O2S/c1-25(23,24)13-2-3-15-11(8-13)5-7-22(15)17-20-10-14(16(18)21-17)12-4-6-19-9-12/h2-4,6,8-10,19H,5,7H2,1H3,(H2,18,20,21). The van der Waals surface area contributed by atoms with Gasteiger partial charge < -0.3 is 15.6 Å². The Balaban J connectivity index is 1.70. The average molecular weight is 355 g/mol. The summed E-state index contributed by atoms with van der Waals surface area (Å²) in [4.78, 5) is 14.2. The van der Waals surface area contributed by atoms with Crippen molar-refractivity contribution in [3.63, 3.8) is 0 Å². The number of rotatable bonds is 3. The number of H-pyrrole nitrogens is 1. The Kier molecular flexibility index (Phi) is 3.50. The van der Waals surface area contributed by atoms with Crippen LogP contribution >= 0.6 is 0 Å². The molecule has 128 valence electrons. The number of aromatic nitrogens is 3. The number of nitrogens with zero attached hydrogens (tertiary/aromatic N) is 3. The highest BCUT2D eigenvalue weighted by Gasteiger charge is 2.24. The Morgan fingerprint density at radius 1 is 1.28 bits per heavy atom. The van der Waals surface area contributed by atoms with Crippen molar-refractivity contribution in [2.75, 3.05) is 23.4 Å². The second kappa shape index (κ2) is 5.59. The van der Waals surface area contributed by atoms with Crippen LogP contribution < -0.4 is 10.6 Å². The van der Waals surface area contributed by atoms with Gasteiger partial charge in [-0.1, -0.05) is 0 Å². The first kappa shape index (κ1) is 15.6. The summed E-state index contributed by atoms with van der Waals surface area (Å²) in [6.45, 7) is 0.686. The Morgan fingerprint density at radius 2 is 2.12 bits per heavy atom. The molecule has 0 spiro atoms. The van der Waals surface area contributed by atoms with Crippen LogP contribution in [-0.4, -0.2) is 36.2 Å². The molecule has 0 saturated heterocycles. The molecule has 4 rings (SSSR count). The van der Waals surface area contributed by atoms with Gasteiger partial charge in [-0.2, -0.15) is 4.98 Å². The Bertz CT molecular complexity index is 1040. The second-order valence-electron chi connectivity index (χ2n) is 6.03. The molecule has 3 heterocycles. The predicted octanol–water partition coefficient (Wildman–Crippen LogP) is 2.15. The van der Waals surface area contributed by atoms with Crippen LogP contribution in [0.3, 0.4) is 0 Å². The monoisotopic (exact) mass is 355 g/mol. The number of sulfone groups is 1. The first-order valence-corrected chi connectivity index (χ1v) is 9.69. The SMILES string of the molecule is CS(=O)(=O)c1ccc2c(c1)CCN2c1ncc(-c2cc[nH]c2)c(N)n1. The zero-order valence-electron chi connectivity index (χ0n) is 13.6. The number of aromatic amines is 1. The molecule has 0 atom stereocenters. The van der Waals surface area contributed by atoms with E-state index in [4.69, 9.17) is 5.73 Å². The smallest absolute Gasteiger partial charge is 0.231 e. The zero-order chi connectivity index (χ0) is 17.6. The van der Waals surface area contributed by atoms with Crippen LogP contribution in [0.5, 0.6) is 0 Å². The Hall–Kier alpha value is -2.87. The number of nitrogen functional groups attached to an aromatic ring is 1. The van der Waals surface area contributed by atoms with Crippen molar-refractivity contribution in [2.24, 2.45) is 0 Å². The molecule has 0 saturated carbocycles. The fraction of sp³-hybridized carbons (Fsp3) is 0.176. The quantitative estimate of drug-likeness (QED) is 0.746. The molecular formula is C17H17N5O2S. The molecule has 2 aromatic heterocycles. The molecule has 0 amide bonds. The number of hydrogen-bond acceptors (Lipinski definition) is 6. The first-order chi connectivity index (χ1) is 11.9. The highest BCUT2D eigenvalue weighted by atomic mass is 32.2. The molecule has 0 aliphatic carbocycles. The molecule has 8 heteroatoms. The maximum absolute atomic E-state index is 11.7. The summed E-state index contributed by atoms with van der Waals surface area (Å²) in [5.41, 5.74) is 9.71. The summed E-state index contributed by atoms with van der Waals surface area (Å²) in [6, 6.07) is 7.05. The molecular weight excluding hydrogens is 338 g/mol. The normalized spacial score (nSPS) is 13.9. The molecule has 0 unspecified atom stereocenters. The van der Waals surface area contributed by atoms with E-state index >= 15 is 0 Å². The Morgan fingerprint density at radius 3 is 2.80 bits per heavy atom. The molecule has 3 aromatic rings. The van der Waals surface area contributed by atoms with Crippen molar-refractivity contribution < 1.29 is 8.42 Å². The van der Waals surface area contributed by atoms with E-state index in [1.54, 1.807) is 24.4 Å². The van der Waals surface area contributed by atoms with Crippen molar-refractivity contribution in [3.05, 3.63) is 48.4 Å². The lowest BCUT2D eigenvalue weighted by molar-refractivity contribution is 0.602. The summed E-state index contributed by atoms with van der Waals surface area (Å²) in [6.07, 6.45) is 7.32. The van der Waals surface area contributed by atoms with E-state index in [9.17, 15) is 8.42 Å². The van der Waals surface area contributed by atoms with Crippen LogP contribution in [0.15, 0.2) is 47.8 Å². The predicted molar refractivity (Wildman–Crippen MR) is 96.5 cm³/mol. The van der Waals surface area contributed by atoms with Crippen LogP contribution in [0.25, 0.3) is 11.1 Å². The summed E-state index contributed by atoms with van der Waals surface area (Å²) >= 11 is 0. The third-order valence-corrected chi connectivity index (χ3v) is 5.44. The highest BCUT2D eigenvalue weighted by molar-refractivity contribution is 7.90. The number of hydrogen-bond donors (Lipinski definition) is 2. The van der Waals surface area contributed by atoms with Crippen LogP contribution in [0.2, 0.25) is 0 Å². The molecule has 1 aliphatic rings. The van der Waals surface area contributed by atoms with Crippen molar-refractivity contribution in [2.45, 2.75) is 11.3 Å². The first-order valence-electron chi connectivity index (χ1n) is 7.80. The fourth-order valence-corrected chi connectivity index (χ4v) is 3.72. The minimum atomic E-state index is -3.22. The molecule has 25 heavy (non-hydrogen) atoms. The minimum Gasteiger partial charge on any atom is -0.383 e. The molecule has 1 aliphatic heterocycles. The third kappa shape index (κ3) is 2.74. The van der Waals surface area contributed by atoms with Crippen LogP contribution in [0.1, 0.15) is 5.56 Å². The summed E-state index contributed by atoms with van der Waals surface area (Å²) in [5, 5.41) is 0. The Labute approximate surface area is 145 Å². The molecule has 0 radical (unpaired) electrons. The highest BCUT2D eigenvalue weighted by Crippen LogP contribution is 2.35. The van der Waals surface area contributed by atoms with E-state index in [1.165, 1.54) is 6.26 Å². The maximum Gasteiger partial charge on any atom is 0.231 e. The molecule has 7 nitrogen and oxygen atoms in total. The lowest BCUT2D eigenvalue weighted by atomic mass is 10.2. The van der Waals surface area contributed by atoms with Gasteiger partial charge in [0.05, 0.1) is 4.90 Å². The number of nitrogens with two attached hydrogens (primary N) is 1. The summed E-state index contributed by atoms with van der Waals surface area (Å²) in [7, 11) is -3.22. The van der Waals surface area contributed by atoms with Gasteiger partial charge in [0.2, 0.25) is 5.95 Å². The molecule has 1 aromatic carbocycles. The van der Waals surface area contributed by atoms with E-state index in [2.05, 4.69) is 15.0 Å². The molecule has 3 N–H and O–H groups in total. The number of benzene rings is 1. The van der Waals surface area contributed by atoms with Crippen molar-refractivity contribution in [3.8, 4) is 11.1 Å². The second-order valence-corrected chi connectivity index (χ2v) is 8.05. The van der Waals surface area contributed by atoms with Gasteiger partial charge in [-0.05, 0) is 36.2 Å². The van der Waals surface area contributed by atoms with Crippen LogP contribution in [0.4, 0.5) is 17.5 Å². The average Bonchev–Trinajstić information content (AvgIpc) is 3.23. The number of fused-ring (bicyclic) bond motifs is 1. The van der Waals surface area contributed by atoms with Crippen molar-refractivity contribution in [1.29, 1.82) is 0 Å². The maximum atomic E-state index is 11.7. The summed E-state index contributed by atoms with van der Waals surface area (Å²) in [5.74, 6) is 0.924. The van der Waals surface area contributed by atoms with E-state index < -0.39 is 9.84 Å². The fourth-order valence-electron chi connectivity index (χ4n) is 3.05. The summed E-state index contributed by atoms with van der Waals surface area (Å²) < 4.78 is 23.4. The third-order valence-electron chi connectivity index (χ3n) is 4.33. The number of nitrogens with one attached hydrogen (secondary N) is 1. The molecule has 0 bridgehead atoms. The van der Waals surface area contributed by atoms with Gasteiger partial charge in [-0.3, -0.25) is 0 Å². The van der Waals surface area contributed by atoms with E-state index in [0.29, 0.717) is 23.2 Å². The molecule has 0 fully saturated rings. The topological polar surface area (TPSA) is 105 Å².